The predicted molar refractivity (Wildman–Crippen MR) is 78.7 cm³/mol. The Morgan fingerprint density at radius 2 is 2.21 bits per heavy atom. The molecule has 128 valence electrons. The van der Waals surface area contributed by atoms with Crippen LogP contribution < -0.4 is 10.1 Å². The van der Waals surface area contributed by atoms with Gasteiger partial charge in [-0.15, -0.1) is 5.10 Å². The van der Waals surface area contributed by atoms with Crippen LogP contribution in [0.4, 0.5) is 19.1 Å². The van der Waals surface area contributed by atoms with Gasteiger partial charge in [0.25, 0.3) is 0 Å². The summed E-state index contributed by atoms with van der Waals surface area (Å²) in [6, 6.07) is 0. The van der Waals surface area contributed by atoms with Crippen molar-refractivity contribution in [2.45, 2.75) is 19.5 Å². The second-order valence-electron chi connectivity index (χ2n) is 4.94. The van der Waals surface area contributed by atoms with E-state index in [1.165, 1.54) is 23.2 Å². The molecular weight excluding hydrogens is 327 g/mol. The number of halogens is 3. The number of aromatic amines is 1. The first-order valence-electron chi connectivity index (χ1n) is 7.16. The monoisotopic (exact) mass is 341 g/mol. The molecule has 0 spiro atoms. The van der Waals surface area contributed by atoms with Gasteiger partial charge >= 0.3 is 6.18 Å². The molecule has 0 amide bonds. The van der Waals surface area contributed by atoms with Crippen LogP contribution in [0.2, 0.25) is 0 Å². The Labute approximate surface area is 134 Å². The standard InChI is InChI=1S/C13H14F3N7O/c1-2-3-17-12-21-11-10(24-6-13(14,15)16)9(8-4-19-20-5-8)18-7-23(11)22-12/h4-5,7H,2-3,6H2,1H3,(H,17,22)(H,19,20). The van der Waals surface area contributed by atoms with Gasteiger partial charge in [-0.3, -0.25) is 5.10 Å². The molecule has 0 radical (unpaired) electrons. The third-order valence-corrected chi connectivity index (χ3v) is 3.03. The molecule has 0 unspecified atom stereocenters. The number of hydrogen-bond donors (Lipinski definition) is 2. The van der Waals surface area contributed by atoms with Gasteiger partial charge in [0.1, 0.15) is 12.0 Å². The topological polar surface area (TPSA) is 93.0 Å². The lowest BCUT2D eigenvalue weighted by atomic mass is 10.2. The van der Waals surface area contributed by atoms with Crippen molar-refractivity contribution in [3.63, 3.8) is 0 Å². The smallest absolute Gasteiger partial charge is 0.422 e. The molecule has 3 heterocycles. The van der Waals surface area contributed by atoms with E-state index in [-0.39, 0.29) is 17.1 Å². The summed E-state index contributed by atoms with van der Waals surface area (Å²) in [5.41, 5.74) is 0.833. The second-order valence-corrected chi connectivity index (χ2v) is 4.94. The Bertz CT molecular complexity index is 813. The summed E-state index contributed by atoms with van der Waals surface area (Å²) in [4.78, 5) is 8.32. The molecule has 8 nitrogen and oxygen atoms in total. The molecule has 2 N–H and O–H groups in total. The number of H-pyrrole nitrogens is 1. The molecule has 0 bridgehead atoms. The molecular formula is C13H14F3N7O. The van der Waals surface area contributed by atoms with Crippen molar-refractivity contribution in [3.05, 3.63) is 18.7 Å². The second kappa shape index (κ2) is 6.34. The van der Waals surface area contributed by atoms with E-state index in [9.17, 15) is 13.2 Å². The molecule has 0 aromatic carbocycles. The number of alkyl halides is 3. The van der Waals surface area contributed by atoms with E-state index < -0.39 is 12.8 Å². The van der Waals surface area contributed by atoms with Crippen LogP contribution >= 0.6 is 0 Å². The van der Waals surface area contributed by atoms with Crippen molar-refractivity contribution in [1.82, 2.24) is 29.8 Å². The lowest BCUT2D eigenvalue weighted by Crippen LogP contribution is -2.20. The van der Waals surface area contributed by atoms with E-state index in [1.54, 1.807) is 0 Å². The molecule has 24 heavy (non-hydrogen) atoms. The molecule has 0 fully saturated rings. The Morgan fingerprint density at radius 3 is 2.88 bits per heavy atom. The highest BCUT2D eigenvalue weighted by atomic mass is 19.4. The number of nitrogens with zero attached hydrogens (tertiary/aromatic N) is 5. The predicted octanol–water partition coefficient (Wildman–Crippen LogP) is 2.28. The summed E-state index contributed by atoms with van der Waals surface area (Å²) in [6.07, 6.45) is 0.676. The van der Waals surface area contributed by atoms with Gasteiger partial charge in [-0.2, -0.15) is 27.8 Å². The van der Waals surface area contributed by atoms with Crippen LogP contribution in [0.3, 0.4) is 0 Å². The Hall–Kier alpha value is -2.85. The molecule has 3 aromatic heterocycles. The van der Waals surface area contributed by atoms with Crippen LogP contribution in [-0.4, -0.2) is 49.1 Å². The summed E-state index contributed by atoms with van der Waals surface area (Å²) >= 11 is 0. The van der Waals surface area contributed by atoms with Gasteiger partial charge in [0.05, 0.1) is 6.20 Å². The fraction of sp³-hybridized carbons (Fsp3) is 0.385. The zero-order valence-electron chi connectivity index (χ0n) is 12.6. The van der Waals surface area contributed by atoms with Crippen LogP contribution in [0.25, 0.3) is 16.9 Å². The highest BCUT2D eigenvalue weighted by Gasteiger charge is 2.30. The Balaban J connectivity index is 2.05. The minimum absolute atomic E-state index is 0.103. The molecule has 0 saturated carbocycles. The summed E-state index contributed by atoms with van der Waals surface area (Å²) in [7, 11) is 0. The summed E-state index contributed by atoms with van der Waals surface area (Å²) in [6.45, 7) is 1.15. The molecule has 0 aliphatic carbocycles. The molecule has 3 rings (SSSR count). The summed E-state index contributed by atoms with van der Waals surface area (Å²) < 4.78 is 44.0. The van der Waals surface area contributed by atoms with Gasteiger partial charge in [-0.05, 0) is 6.42 Å². The first-order chi connectivity index (χ1) is 11.5. The zero-order chi connectivity index (χ0) is 17.2. The van der Waals surface area contributed by atoms with Crippen LogP contribution in [0.5, 0.6) is 5.75 Å². The molecule has 0 aliphatic rings. The summed E-state index contributed by atoms with van der Waals surface area (Å²) in [5.74, 6) is 0.188. The van der Waals surface area contributed by atoms with Crippen LogP contribution in [0, 0.1) is 0 Å². The minimum Gasteiger partial charge on any atom is -0.478 e. The largest absolute Gasteiger partial charge is 0.478 e. The van der Waals surface area contributed by atoms with Gasteiger partial charge in [0, 0.05) is 18.3 Å². The number of fused-ring (bicyclic) bond motifs is 1. The van der Waals surface area contributed by atoms with Gasteiger partial charge in [0.15, 0.2) is 12.4 Å². The molecule has 0 aliphatic heterocycles. The van der Waals surface area contributed by atoms with E-state index in [4.69, 9.17) is 4.74 Å². The highest BCUT2D eigenvalue weighted by molar-refractivity contribution is 5.73. The van der Waals surface area contributed by atoms with E-state index in [0.717, 1.165) is 6.42 Å². The van der Waals surface area contributed by atoms with Crippen molar-refractivity contribution >= 4 is 11.6 Å². The molecule has 3 aromatic rings. The number of aromatic nitrogens is 6. The number of anilines is 1. The van der Waals surface area contributed by atoms with Crippen molar-refractivity contribution < 1.29 is 17.9 Å². The van der Waals surface area contributed by atoms with Crippen molar-refractivity contribution in [3.8, 4) is 17.0 Å². The quantitative estimate of drug-likeness (QED) is 0.714. The Morgan fingerprint density at radius 1 is 1.38 bits per heavy atom. The fourth-order valence-electron chi connectivity index (χ4n) is 2.02. The van der Waals surface area contributed by atoms with Gasteiger partial charge in [-0.25, -0.2) is 4.98 Å². The summed E-state index contributed by atoms with van der Waals surface area (Å²) in [5, 5.41) is 13.5. The van der Waals surface area contributed by atoms with Gasteiger partial charge in [-0.1, -0.05) is 6.92 Å². The first-order valence-corrected chi connectivity index (χ1v) is 7.16. The minimum atomic E-state index is -4.48. The highest BCUT2D eigenvalue weighted by Crippen LogP contribution is 2.32. The molecule has 0 saturated heterocycles. The van der Waals surface area contributed by atoms with Crippen molar-refractivity contribution in [2.24, 2.45) is 0 Å². The number of ether oxygens (including phenoxy) is 1. The van der Waals surface area contributed by atoms with E-state index in [1.807, 2.05) is 6.92 Å². The average Bonchev–Trinajstić information content (AvgIpc) is 3.18. The third-order valence-electron chi connectivity index (χ3n) is 3.03. The van der Waals surface area contributed by atoms with E-state index in [0.29, 0.717) is 18.1 Å². The first kappa shape index (κ1) is 16.0. The SMILES string of the molecule is CCCNc1nc2c(OCC(F)(F)F)c(-c3cn[nH]c3)ncn2n1. The average molecular weight is 341 g/mol. The van der Waals surface area contributed by atoms with E-state index in [2.05, 4.69) is 30.6 Å². The maximum atomic E-state index is 12.6. The lowest BCUT2D eigenvalue weighted by molar-refractivity contribution is -0.153. The zero-order valence-corrected chi connectivity index (χ0v) is 12.6. The number of hydrogen-bond acceptors (Lipinski definition) is 6. The van der Waals surface area contributed by atoms with Crippen LogP contribution in [0.1, 0.15) is 13.3 Å². The lowest BCUT2D eigenvalue weighted by Gasteiger charge is -2.12. The number of rotatable bonds is 6. The number of nitrogens with one attached hydrogen (secondary N) is 2. The third kappa shape index (κ3) is 3.39. The molecule has 0 atom stereocenters. The fourth-order valence-corrected chi connectivity index (χ4v) is 2.02. The van der Waals surface area contributed by atoms with Crippen molar-refractivity contribution in [2.75, 3.05) is 18.5 Å². The van der Waals surface area contributed by atoms with Crippen LogP contribution in [0.15, 0.2) is 18.7 Å². The van der Waals surface area contributed by atoms with Gasteiger partial charge < -0.3 is 10.1 Å². The van der Waals surface area contributed by atoms with Crippen molar-refractivity contribution in [1.29, 1.82) is 0 Å². The maximum Gasteiger partial charge on any atom is 0.422 e. The van der Waals surface area contributed by atoms with Gasteiger partial charge in [0.2, 0.25) is 11.6 Å². The Kier molecular flexibility index (Phi) is 4.23. The maximum absolute atomic E-state index is 12.6. The molecule has 11 heteroatoms. The van der Waals surface area contributed by atoms with E-state index >= 15 is 0 Å². The van der Waals surface area contributed by atoms with Crippen LogP contribution in [-0.2, 0) is 0 Å². The normalized spacial score (nSPS) is 11.8.